The Morgan fingerprint density at radius 2 is 1.81 bits per heavy atom. The number of carboxylic acids is 1. The number of H-pyrrole nitrogens is 3. The highest BCUT2D eigenvalue weighted by Crippen LogP contribution is 2.31. The Bertz CT molecular complexity index is 1060. The van der Waals surface area contributed by atoms with E-state index in [1.807, 2.05) is 24.4 Å². The first-order valence-electron chi connectivity index (χ1n) is 10.00. The summed E-state index contributed by atoms with van der Waals surface area (Å²) in [4.78, 5) is 21.5. The molecule has 1 saturated carbocycles. The van der Waals surface area contributed by atoms with Gasteiger partial charge >= 0.3 is 6.18 Å². The van der Waals surface area contributed by atoms with E-state index < -0.39 is 12.1 Å². The van der Waals surface area contributed by atoms with E-state index in [-0.39, 0.29) is 0 Å². The highest BCUT2D eigenvalue weighted by Gasteiger charge is 2.30. The second kappa shape index (κ2) is 9.95. The van der Waals surface area contributed by atoms with E-state index in [1.165, 1.54) is 32.1 Å². The number of aliphatic carboxylic acids is 1. The van der Waals surface area contributed by atoms with Crippen molar-refractivity contribution >= 4 is 46.0 Å². The molecule has 32 heavy (non-hydrogen) atoms. The average Bonchev–Trinajstić information content (AvgIpc) is 3.16. The Kier molecular flexibility index (Phi) is 7.51. The standard InChI is InChI=1S/C19H20Cl2N4.C2HF3O2/c1-25(12-6-3-2-4-7-12)19-13(8-5-9-22-19)18-23-16-10-14(20)15(21)11-17(16)24-18;3-2(4,5)1(6)7/h5,8-12H,2-4,6-7H2,1H3,(H,23,24);(H,6,7)/p+1. The molecule has 3 N–H and O–H groups in total. The van der Waals surface area contributed by atoms with Crippen LogP contribution in [0.4, 0.5) is 19.0 Å². The van der Waals surface area contributed by atoms with Gasteiger partial charge in [-0.15, -0.1) is 0 Å². The molecule has 1 aliphatic carbocycles. The monoisotopic (exact) mass is 489 g/mol. The lowest BCUT2D eigenvalue weighted by Gasteiger charge is -2.26. The minimum absolute atomic E-state index is 0.551. The molecule has 0 atom stereocenters. The normalized spacial score (nSPS) is 14.7. The highest BCUT2D eigenvalue weighted by molar-refractivity contribution is 6.42. The van der Waals surface area contributed by atoms with Crippen LogP contribution in [-0.4, -0.2) is 30.2 Å². The lowest BCUT2D eigenvalue weighted by atomic mass is 9.94. The maximum Gasteiger partial charge on any atom is 0.430 e. The van der Waals surface area contributed by atoms with Crippen LogP contribution < -0.4 is 20.0 Å². The summed E-state index contributed by atoms with van der Waals surface area (Å²) in [7, 11) is 2.18. The Balaban J connectivity index is 0.000000360. The number of imidazole rings is 1. The largest absolute Gasteiger partial charge is 0.542 e. The number of carbonyl (C=O) groups is 1. The molecular formula is C21H22Cl2F3N4O2+. The van der Waals surface area contributed by atoms with Crippen molar-refractivity contribution < 1.29 is 33.0 Å². The molecule has 0 aliphatic heterocycles. The molecule has 0 radical (unpaired) electrons. The molecule has 11 heteroatoms. The highest BCUT2D eigenvalue weighted by atomic mass is 35.5. The molecular weight excluding hydrogens is 468 g/mol. The summed E-state index contributed by atoms with van der Waals surface area (Å²) in [5, 5.41) is 9.89. The van der Waals surface area contributed by atoms with E-state index in [9.17, 15) is 13.2 Å². The molecule has 0 unspecified atom stereocenters. The average molecular weight is 490 g/mol. The summed E-state index contributed by atoms with van der Waals surface area (Å²) in [5.41, 5.74) is 3.00. The molecule has 0 spiro atoms. The maximum atomic E-state index is 10.5. The van der Waals surface area contributed by atoms with E-state index in [2.05, 4.69) is 33.0 Å². The first kappa shape index (κ1) is 24.1. The number of carboxylic acid groups (broad SMARTS) is 1. The first-order valence-corrected chi connectivity index (χ1v) is 10.8. The van der Waals surface area contributed by atoms with E-state index >= 15 is 0 Å². The number of hydrogen-bond acceptors (Lipinski definition) is 3. The second-order valence-electron chi connectivity index (χ2n) is 7.56. The number of aromatic amines is 3. The molecule has 1 aromatic carbocycles. The van der Waals surface area contributed by atoms with Crippen LogP contribution in [0.1, 0.15) is 32.1 Å². The van der Waals surface area contributed by atoms with Gasteiger partial charge in [0.15, 0.2) is 16.6 Å². The van der Waals surface area contributed by atoms with Crippen LogP contribution in [0.2, 0.25) is 10.0 Å². The molecule has 4 rings (SSSR count). The van der Waals surface area contributed by atoms with E-state index in [4.69, 9.17) is 33.1 Å². The Labute approximate surface area is 192 Å². The molecule has 1 fully saturated rings. The molecule has 172 valence electrons. The van der Waals surface area contributed by atoms with Gasteiger partial charge in [-0.1, -0.05) is 29.6 Å². The van der Waals surface area contributed by atoms with Crippen LogP contribution in [0, 0.1) is 0 Å². The van der Waals surface area contributed by atoms with Gasteiger partial charge in [-0.05, 0) is 37.8 Å². The predicted octanol–water partition coefficient (Wildman–Crippen LogP) is 3.84. The number of halogens is 5. The zero-order valence-electron chi connectivity index (χ0n) is 17.2. The van der Waals surface area contributed by atoms with Crippen molar-refractivity contribution in [1.29, 1.82) is 0 Å². The van der Waals surface area contributed by atoms with Crippen molar-refractivity contribution in [2.45, 2.75) is 44.3 Å². The van der Waals surface area contributed by atoms with Crippen molar-refractivity contribution in [1.82, 2.24) is 4.98 Å². The molecule has 0 amide bonds. The fourth-order valence-corrected chi connectivity index (χ4v) is 4.09. The summed E-state index contributed by atoms with van der Waals surface area (Å²) in [6.45, 7) is 0. The number of benzene rings is 1. The van der Waals surface area contributed by atoms with E-state index in [1.54, 1.807) is 0 Å². The quantitative estimate of drug-likeness (QED) is 0.606. The Morgan fingerprint density at radius 3 is 2.44 bits per heavy atom. The topological polar surface area (TPSA) is 87.4 Å². The molecule has 0 saturated heterocycles. The van der Waals surface area contributed by atoms with Gasteiger partial charge in [0.25, 0.3) is 11.6 Å². The van der Waals surface area contributed by atoms with Gasteiger partial charge in [0.1, 0.15) is 5.97 Å². The summed E-state index contributed by atoms with van der Waals surface area (Å²) in [5.74, 6) is -0.940. The number of carbonyl (C=O) groups excluding carboxylic acids is 1. The summed E-state index contributed by atoms with van der Waals surface area (Å²) in [6.07, 6.45) is 3.27. The van der Waals surface area contributed by atoms with Gasteiger partial charge in [-0.3, -0.25) is 4.90 Å². The zero-order chi connectivity index (χ0) is 23.5. The van der Waals surface area contributed by atoms with Crippen LogP contribution in [0.25, 0.3) is 22.4 Å². The smallest absolute Gasteiger partial charge is 0.430 e. The van der Waals surface area contributed by atoms with Gasteiger partial charge in [0, 0.05) is 12.1 Å². The van der Waals surface area contributed by atoms with Crippen LogP contribution in [0.3, 0.4) is 0 Å². The number of nitrogens with one attached hydrogen (secondary N) is 3. The van der Waals surface area contributed by atoms with Crippen molar-refractivity contribution in [3.8, 4) is 11.4 Å². The zero-order valence-corrected chi connectivity index (χ0v) is 18.7. The van der Waals surface area contributed by atoms with Gasteiger partial charge in [-0.25, -0.2) is 15.0 Å². The van der Waals surface area contributed by atoms with Gasteiger partial charge in [0.05, 0.1) is 29.3 Å². The number of nitrogens with zero attached hydrogens (tertiary/aromatic N) is 1. The van der Waals surface area contributed by atoms with Crippen molar-refractivity contribution in [3.05, 3.63) is 40.5 Å². The van der Waals surface area contributed by atoms with Gasteiger partial charge in [-0.2, -0.15) is 13.2 Å². The third-order valence-electron chi connectivity index (χ3n) is 5.39. The van der Waals surface area contributed by atoms with Crippen LogP contribution in [0.15, 0.2) is 30.5 Å². The maximum absolute atomic E-state index is 10.5. The van der Waals surface area contributed by atoms with Crippen LogP contribution in [0.5, 0.6) is 0 Å². The SMILES string of the molecule is CN(c1[nH+]cccc1-c1[nH]c2cc(Cl)c(Cl)cc2[nH+]1)C1CCCCC1.O=C([O-])C(F)(F)F. The van der Waals surface area contributed by atoms with E-state index in [0.29, 0.717) is 16.1 Å². The molecule has 2 heterocycles. The molecule has 6 nitrogen and oxygen atoms in total. The lowest BCUT2D eigenvalue weighted by molar-refractivity contribution is -0.365. The van der Waals surface area contributed by atoms with Crippen molar-refractivity contribution in [2.75, 3.05) is 11.9 Å². The first-order chi connectivity index (χ1) is 15.1. The minimum atomic E-state index is -5.19. The summed E-state index contributed by atoms with van der Waals surface area (Å²) >= 11 is 12.3. The van der Waals surface area contributed by atoms with Crippen molar-refractivity contribution in [3.63, 3.8) is 0 Å². The Morgan fingerprint density at radius 1 is 1.19 bits per heavy atom. The molecule has 1 aliphatic rings. The number of anilines is 1. The Hall–Kier alpha value is -2.52. The summed E-state index contributed by atoms with van der Waals surface area (Å²) in [6, 6.07) is 8.44. The molecule has 2 aromatic heterocycles. The fourth-order valence-electron chi connectivity index (χ4n) is 3.76. The predicted molar refractivity (Wildman–Crippen MR) is 113 cm³/mol. The number of aromatic nitrogens is 3. The van der Waals surface area contributed by atoms with Crippen LogP contribution in [-0.2, 0) is 4.79 Å². The molecule has 0 bridgehead atoms. The number of hydrogen-bond donors (Lipinski definition) is 1. The molecule has 3 aromatic rings. The van der Waals surface area contributed by atoms with Crippen molar-refractivity contribution in [2.24, 2.45) is 0 Å². The third kappa shape index (κ3) is 5.63. The fraction of sp³-hybridized carbons (Fsp3) is 0.381. The number of alkyl halides is 3. The van der Waals surface area contributed by atoms with Gasteiger partial charge in [0.2, 0.25) is 0 Å². The summed E-state index contributed by atoms with van der Waals surface area (Å²) < 4.78 is 31.5. The number of fused-ring (bicyclic) bond motifs is 1. The van der Waals surface area contributed by atoms with Crippen LogP contribution >= 0.6 is 23.2 Å². The lowest BCUT2D eigenvalue weighted by Crippen LogP contribution is -2.37. The minimum Gasteiger partial charge on any atom is -0.542 e. The second-order valence-corrected chi connectivity index (χ2v) is 8.37. The van der Waals surface area contributed by atoms with E-state index in [0.717, 1.165) is 28.2 Å². The van der Waals surface area contributed by atoms with Gasteiger partial charge < -0.3 is 9.90 Å². The number of rotatable bonds is 3. The third-order valence-corrected chi connectivity index (χ3v) is 6.11. The number of pyridine rings is 1.